The summed E-state index contributed by atoms with van der Waals surface area (Å²) in [7, 11) is 1.54. The van der Waals surface area contributed by atoms with Crippen molar-refractivity contribution in [1.29, 1.82) is 0 Å². The van der Waals surface area contributed by atoms with Crippen LogP contribution in [0.25, 0.3) is 6.08 Å². The van der Waals surface area contributed by atoms with E-state index < -0.39 is 0 Å². The van der Waals surface area contributed by atoms with Crippen LogP contribution in [0.4, 0.5) is 16.2 Å². The quantitative estimate of drug-likeness (QED) is 0.556. The molecule has 3 rings (SSSR count). The molecule has 1 aliphatic heterocycles. The van der Waals surface area contributed by atoms with Gasteiger partial charge in [0.2, 0.25) is 0 Å². The highest BCUT2D eigenvalue weighted by atomic mass is 35.5. The van der Waals surface area contributed by atoms with E-state index in [2.05, 4.69) is 24.1 Å². The molecule has 1 N–H and O–H groups in total. The fraction of sp³-hybridized carbons (Fsp3) is 0.273. The van der Waals surface area contributed by atoms with Crippen LogP contribution in [-0.4, -0.2) is 42.9 Å². The first-order valence-electron chi connectivity index (χ1n) is 9.64. The first kappa shape index (κ1) is 22.1. The van der Waals surface area contributed by atoms with E-state index in [1.165, 1.54) is 12.0 Å². The number of anilines is 2. The van der Waals surface area contributed by atoms with Crippen molar-refractivity contribution in [1.82, 2.24) is 4.90 Å². The summed E-state index contributed by atoms with van der Waals surface area (Å²) in [6.07, 6.45) is 1.75. The standard InChI is InChI=1S/C22H24ClN3O3S/c1-4-25(5-2)17-9-6-15(7-10-17)12-20-21(27)26(22(28)30-20)14-24-16-8-11-19(29-3)18(23)13-16/h6-13,24H,4-5,14H2,1-3H3/b20-12-. The minimum absolute atomic E-state index is 0.0611. The molecule has 0 atom stereocenters. The number of carbonyl (C=O) groups excluding carboxylic acids is 2. The van der Waals surface area contributed by atoms with Gasteiger partial charge in [-0.2, -0.15) is 0 Å². The zero-order chi connectivity index (χ0) is 21.7. The Hall–Kier alpha value is -2.64. The number of methoxy groups -OCH3 is 1. The van der Waals surface area contributed by atoms with Crippen molar-refractivity contribution in [2.24, 2.45) is 0 Å². The van der Waals surface area contributed by atoms with Crippen molar-refractivity contribution in [2.45, 2.75) is 13.8 Å². The number of ether oxygens (including phenoxy) is 1. The van der Waals surface area contributed by atoms with Crippen LogP contribution in [-0.2, 0) is 4.79 Å². The molecular weight excluding hydrogens is 422 g/mol. The molecule has 0 saturated carbocycles. The van der Waals surface area contributed by atoms with Gasteiger partial charge in [0.05, 0.1) is 23.7 Å². The lowest BCUT2D eigenvalue weighted by Crippen LogP contribution is -2.33. The van der Waals surface area contributed by atoms with E-state index in [0.29, 0.717) is 21.4 Å². The monoisotopic (exact) mass is 445 g/mol. The Morgan fingerprint density at radius 2 is 1.83 bits per heavy atom. The average Bonchev–Trinajstić information content (AvgIpc) is 3.01. The van der Waals surface area contributed by atoms with Gasteiger partial charge in [0.25, 0.3) is 11.1 Å². The number of thioether (sulfide) groups is 1. The molecule has 0 spiro atoms. The Balaban J connectivity index is 1.67. The summed E-state index contributed by atoms with van der Waals surface area (Å²) >= 11 is 7.06. The highest BCUT2D eigenvalue weighted by molar-refractivity contribution is 8.18. The molecule has 2 aromatic carbocycles. The van der Waals surface area contributed by atoms with E-state index in [-0.39, 0.29) is 17.8 Å². The molecule has 2 amide bonds. The number of amides is 2. The topological polar surface area (TPSA) is 61.9 Å². The molecule has 1 aliphatic rings. The molecule has 2 aromatic rings. The van der Waals surface area contributed by atoms with Crippen LogP contribution in [0.2, 0.25) is 5.02 Å². The summed E-state index contributed by atoms with van der Waals surface area (Å²) in [4.78, 5) is 28.9. The Morgan fingerprint density at radius 3 is 2.43 bits per heavy atom. The van der Waals surface area contributed by atoms with Crippen LogP contribution in [0, 0.1) is 0 Å². The van der Waals surface area contributed by atoms with Crippen LogP contribution < -0.4 is 15.0 Å². The van der Waals surface area contributed by atoms with Crippen LogP contribution in [0.5, 0.6) is 5.75 Å². The summed E-state index contributed by atoms with van der Waals surface area (Å²) in [5, 5.41) is 3.20. The van der Waals surface area contributed by atoms with Crippen molar-refractivity contribution in [2.75, 3.05) is 37.1 Å². The van der Waals surface area contributed by atoms with E-state index in [1.54, 1.807) is 24.3 Å². The summed E-state index contributed by atoms with van der Waals surface area (Å²) in [6.45, 7) is 6.15. The van der Waals surface area contributed by atoms with Crippen LogP contribution in [0.15, 0.2) is 47.4 Å². The molecule has 0 aromatic heterocycles. The van der Waals surface area contributed by atoms with Gasteiger partial charge in [-0.1, -0.05) is 23.7 Å². The van der Waals surface area contributed by atoms with Gasteiger partial charge in [-0.05, 0) is 67.6 Å². The molecule has 0 radical (unpaired) electrons. The van der Waals surface area contributed by atoms with E-state index in [9.17, 15) is 9.59 Å². The lowest BCUT2D eigenvalue weighted by Gasteiger charge is -2.20. The normalized spacial score (nSPS) is 15.1. The number of imide groups is 1. The fourth-order valence-electron chi connectivity index (χ4n) is 3.10. The average molecular weight is 446 g/mol. The molecule has 158 valence electrons. The van der Waals surface area contributed by atoms with Crippen molar-refractivity contribution in [3.8, 4) is 5.75 Å². The summed E-state index contributed by atoms with van der Waals surface area (Å²) in [5.41, 5.74) is 2.70. The molecule has 0 bridgehead atoms. The zero-order valence-corrected chi connectivity index (χ0v) is 18.7. The minimum Gasteiger partial charge on any atom is -0.495 e. The lowest BCUT2D eigenvalue weighted by molar-refractivity contribution is -0.122. The molecule has 1 heterocycles. The summed E-state index contributed by atoms with van der Waals surface area (Å²) in [5.74, 6) is 0.244. The van der Waals surface area contributed by atoms with Gasteiger partial charge in [-0.25, -0.2) is 0 Å². The number of hydrogen-bond acceptors (Lipinski definition) is 6. The number of hydrogen-bond donors (Lipinski definition) is 1. The molecule has 0 unspecified atom stereocenters. The van der Waals surface area contributed by atoms with Crippen molar-refractivity contribution in [3.63, 3.8) is 0 Å². The van der Waals surface area contributed by atoms with Crippen LogP contribution >= 0.6 is 23.4 Å². The zero-order valence-electron chi connectivity index (χ0n) is 17.1. The van der Waals surface area contributed by atoms with Crippen molar-refractivity contribution >= 4 is 52.0 Å². The third-order valence-corrected chi connectivity index (χ3v) is 5.99. The molecule has 0 aliphatic carbocycles. The summed E-state index contributed by atoms with van der Waals surface area (Å²) < 4.78 is 5.12. The van der Waals surface area contributed by atoms with E-state index in [1.807, 2.05) is 24.3 Å². The number of benzene rings is 2. The van der Waals surface area contributed by atoms with Gasteiger partial charge in [0, 0.05) is 24.5 Å². The van der Waals surface area contributed by atoms with Gasteiger partial charge in [-0.15, -0.1) is 0 Å². The van der Waals surface area contributed by atoms with Gasteiger partial charge in [0.1, 0.15) is 5.75 Å². The SMILES string of the molecule is CCN(CC)c1ccc(/C=C2\SC(=O)N(CNc3ccc(OC)c(Cl)c3)C2=O)cc1. The van der Waals surface area contributed by atoms with Gasteiger partial charge in [-0.3, -0.25) is 14.5 Å². The molecule has 8 heteroatoms. The lowest BCUT2D eigenvalue weighted by atomic mass is 10.1. The van der Waals surface area contributed by atoms with E-state index >= 15 is 0 Å². The third-order valence-electron chi connectivity index (χ3n) is 4.79. The number of halogens is 1. The molecule has 1 saturated heterocycles. The largest absolute Gasteiger partial charge is 0.495 e. The fourth-order valence-corrected chi connectivity index (χ4v) is 4.20. The van der Waals surface area contributed by atoms with Crippen molar-refractivity contribution < 1.29 is 14.3 Å². The first-order chi connectivity index (χ1) is 14.5. The number of rotatable bonds is 8. The highest BCUT2D eigenvalue weighted by Gasteiger charge is 2.34. The molecular formula is C22H24ClN3O3S. The first-order valence-corrected chi connectivity index (χ1v) is 10.8. The van der Waals surface area contributed by atoms with Crippen molar-refractivity contribution in [3.05, 3.63) is 58.0 Å². The highest BCUT2D eigenvalue weighted by Crippen LogP contribution is 2.33. The Morgan fingerprint density at radius 1 is 1.13 bits per heavy atom. The van der Waals surface area contributed by atoms with Gasteiger partial charge in [0.15, 0.2) is 0 Å². The second kappa shape index (κ2) is 9.91. The summed E-state index contributed by atoms with van der Waals surface area (Å²) in [6, 6.07) is 13.2. The maximum atomic E-state index is 12.7. The number of carbonyl (C=O) groups is 2. The Labute approximate surface area is 185 Å². The third kappa shape index (κ3) is 4.91. The second-order valence-electron chi connectivity index (χ2n) is 6.56. The smallest absolute Gasteiger partial charge is 0.295 e. The molecule has 1 fully saturated rings. The maximum Gasteiger partial charge on any atom is 0.295 e. The van der Waals surface area contributed by atoms with Crippen LogP contribution in [0.1, 0.15) is 19.4 Å². The van der Waals surface area contributed by atoms with E-state index in [0.717, 1.165) is 36.1 Å². The predicted octanol–water partition coefficient (Wildman–Crippen LogP) is 5.30. The minimum atomic E-state index is -0.315. The number of nitrogens with one attached hydrogen (secondary N) is 1. The molecule has 30 heavy (non-hydrogen) atoms. The Kier molecular flexibility index (Phi) is 7.29. The molecule has 6 nitrogen and oxygen atoms in total. The second-order valence-corrected chi connectivity index (χ2v) is 7.96. The van der Waals surface area contributed by atoms with Gasteiger partial charge < -0.3 is 15.0 Å². The van der Waals surface area contributed by atoms with E-state index in [4.69, 9.17) is 16.3 Å². The maximum absolute atomic E-state index is 12.7. The van der Waals surface area contributed by atoms with Gasteiger partial charge >= 0.3 is 0 Å². The number of nitrogens with zero attached hydrogens (tertiary/aromatic N) is 2. The predicted molar refractivity (Wildman–Crippen MR) is 124 cm³/mol. The Bertz CT molecular complexity index is 959. The van der Waals surface area contributed by atoms with Crippen LogP contribution in [0.3, 0.4) is 0 Å².